The van der Waals surface area contributed by atoms with Crippen molar-refractivity contribution in [3.8, 4) is 66.8 Å². The number of benzene rings is 14. The monoisotopic (exact) mass is 1450 g/mol. The van der Waals surface area contributed by atoms with E-state index >= 15 is 0 Å². The van der Waals surface area contributed by atoms with Crippen molar-refractivity contribution in [2.75, 3.05) is 9.80 Å². The molecular formula is C108H96N2O2. The van der Waals surface area contributed by atoms with Crippen LogP contribution in [-0.4, -0.2) is 0 Å². The van der Waals surface area contributed by atoms with E-state index in [-0.39, 0.29) is 37.9 Å². The van der Waals surface area contributed by atoms with Crippen LogP contribution in [0.3, 0.4) is 0 Å². The van der Waals surface area contributed by atoms with Crippen LogP contribution in [0.15, 0.2) is 288 Å². The standard InChI is InChI=1S/C108H96N2O2/c1-102(2,3)69-38-32-65(33-39-69)67-36-53-98-86(56-67)84-25-22-30-97(101(84)111-98)110(75-46-52-83-79-48-42-71(103(4,5)6)58-91(79)108(15,16)95(83)62-75)74-45-51-82-78-47-31-64(55-90(78)107(13,14)94(82)61-74)63-104(7,8)70-40-34-66(35-41-70)68-37-54-99-87(57-68)85-26-21-29-96(100(85)112-99)109(72-43-49-80-76-23-17-19-27-88(76)105(9,10)92(80)59-72)73-44-50-81-77-24-18-20-28-89(77)106(11,12)93(81)60-73/h17-62H,63H2,1-16H3. The van der Waals surface area contributed by atoms with Gasteiger partial charge in [-0.15, -0.1) is 0 Å². The van der Waals surface area contributed by atoms with Gasteiger partial charge in [-0.1, -0.05) is 305 Å². The van der Waals surface area contributed by atoms with Crippen LogP contribution in [0, 0.1) is 0 Å². The molecule has 0 atom stereocenters. The Morgan fingerprint density at radius 3 is 1.00 bits per heavy atom. The Kier molecular flexibility index (Phi) is 15.0. The molecule has 550 valence electrons. The van der Waals surface area contributed by atoms with Gasteiger partial charge in [-0.05, 0) is 241 Å². The Labute approximate surface area is 660 Å². The molecule has 112 heavy (non-hydrogen) atoms. The highest BCUT2D eigenvalue weighted by atomic mass is 16.3. The van der Waals surface area contributed by atoms with E-state index in [2.05, 4.69) is 400 Å². The molecule has 0 radical (unpaired) electrons. The van der Waals surface area contributed by atoms with Crippen molar-refractivity contribution in [2.24, 2.45) is 0 Å². The second kappa shape index (κ2) is 24.1. The number of rotatable bonds is 11. The van der Waals surface area contributed by atoms with Crippen LogP contribution in [-0.2, 0) is 44.3 Å². The molecule has 4 aliphatic rings. The normalized spacial score (nSPS) is 15.1. The highest BCUT2D eigenvalue weighted by Gasteiger charge is 2.42. The maximum absolute atomic E-state index is 7.13. The highest BCUT2D eigenvalue weighted by Crippen LogP contribution is 2.58. The molecule has 0 amide bonds. The average Bonchev–Trinajstić information content (AvgIpc) is 1.63. The molecule has 16 aromatic rings. The fourth-order valence-corrected chi connectivity index (χ4v) is 20.0. The van der Waals surface area contributed by atoms with Crippen LogP contribution in [0.2, 0.25) is 0 Å². The van der Waals surface area contributed by atoms with Gasteiger partial charge < -0.3 is 18.6 Å². The van der Waals surface area contributed by atoms with Crippen LogP contribution >= 0.6 is 0 Å². The lowest BCUT2D eigenvalue weighted by Crippen LogP contribution is -2.21. The summed E-state index contributed by atoms with van der Waals surface area (Å²) in [5, 5.41) is 4.40. The molecule has 2 aromatic heterocycles. The predicted molar refractivity (Wildman–Crippen MR) is 472 cm³/mol. The van der Waals surface area contributed by atoms with Gasteiger partial charge in [-0.2, -0.15) is 0 Å². The van der Waals surface area contributed by atoms with Crippen molar-refractivity contribution < 1.29 is 8.83 Å². The molecule has 2 heterocycles. The Morgan fingerprint density at radius 2 is 0.589 bits per heavy atom. The van der Waals surface area contributed by atoms with Gasteiger partial charge in [0, 0.05) is 66.0 Å². The number of anilines is 6. The largest absolute Gasteiger partial charge is 0.454 e. The van der Waals surface area contributed by atoms with Crippen molar-refractivity contribution in [2.45, 2.75) is 155 Å². The molecule has 0 fully saturated rings. The number of furan rings is 2. The number of hydrogen-bond donors (Lipinski definition) is 0. The fourth-order valence-electron chi connectivity index (χ4n) is 20.0. The summed E-state index contributed by atoms with van der Waals surface area (Å²) >= 11 is 0. The lowest BCUT2D eigenvalue weighted by molar-refractivity contribution is 0.521. The van der Waals surface area contributed by atoms with Gasteiger partial charge in [0.25, 0.3) is 0 Å². The second-order valence-corrected chi connectivity index (χ2v) is 37.5. The molecule has 0 bridgehead atoms. The SMILES string of the molecule is CC(C)(C)c1ccc(-c2ccc3oc4c(N(c5ccc6c(c5)C(C)(C)c5cc(CC(C)(C)c7ccc(-c8ccc9oc%10c(N(c%11ccc%12c(c%11)C(C)(C)c%11ccccc%11-%12)c%11ccc%12c(c%11)C(C)(C)c%11ccccc%11-%12)cccc%10c9c8)cc7)ccc5-6)c5ccc6c(c5)C(C)(C)c5cc(C(C)(C)C)ccc5-6)cccc4c3c2)cc1. The van der Waals surface area contributed by atoms with Crippen LogP contribution in [0.5, 0.6) is 0 Å². The summed E-state index contributed by atoms with van der Waals surface area (Å²) in [6.45, 7) is 37.7. The minimum atomic E-state index is -0.296. The van der Waals surface area contributed by atoms with Crippen molar-refractivity contribution in [3.63, 3.8) is 0 Å². The Bertz CT molecular complexity index is 6540. The van der Waals surface area contributed by atoms with E-state index in [4.69, 9.17) is 8.83 Å². The summed E-state index contributed by atoms with van der Waals surface area (Å²) in [6.07, 6.45) is 0.883. The molecule has 0 saturated carbocycles. The molecular weight excluding hydrogens is 1360 g/mol. The van der Waals surface area contributed by atoms with Crippen LogP contribution < -0.4 is 9.80 Å². The number of hydrogen-bond acceptors (Lipinski definition) is 4. The van der Waals surface area contributed by atoms with Gasteiger partial charge in [0.1, 0.15) is 11.2 Å². The Morgan fingerprint density at radius 1 is 0.259 bits per heavy atom. The molecule has 0 saturated heterocycles. The third kappa shape index (κ3) is 10.5. The Hall–Kier alpha value is -11.7. The first kappa shape index (κ1) is 69.5. The smallest absolute Gasteiger partial charge is 0.159 e. The van der Waals surface area contributed by atoms with Crippen molar-refractivity contribution in [3.05, 3.63) is 346 Å². The fraction of sp³-hybridized carbons (Fsp3) is 0.222. The van der Waals surface area contributed by atoms with Crippen LogP contribution in [0.1, 0.15) is 178 Å². The molecule has 4 aliphatic carbocycles. The average molecular weight is 1450 g/mol. The summed E-state index contributed by atoms with van der Waals surface area (Å²) in [5.41, 5.74) is 40.3. The first-order valence-electron chi connectivity index (χ1n) is 40.3. The van der Waals surface area contributed by atoms with Gasteiger partial charge in [-0.3, -0.25) is 0 Å². The number of fused-ring (bicyclic) bond motifs is 18. The summed E-state index contributed by atoms with van der Waals surface area (Å²) < 4.78 is 14.3. The summed E-state index contributed by atoms with van der Waals surface area (Å²) in [5.74, 6) is 0. The summed E-state index contributed by atoms with van der Waals surface area (Å²) in [7, 11) is 0. The molecule has 0 aliphatic heterocycles. The van der Waals surface area contributed by atoms with Crippen LogP contribution in [0.25, 0.3) is 111 Å². The van der Waals surface area contributed by atoms with E-state index in [0.717, 1.165) is 90.0 Å². The first-order chi connectivity index (χ1) is 53.5. The van der Waals surface area contributed by atoms with Crippen molar-refractivity contribution in [1.82, 2.24) is 0 Å². The van der Waals surface area contributed by atoms with Gasteiger partial charge in [0.15, 0.2) is 11.2 Å². The molecule has 20 rings (SSSR count). The molecule has 14 aromatic carbocycles. The number of para-hydroxylation sites is 2. The third-order valence-electron chi connectivity index (χ3n) is 26.6. The molecule has 0 N–H and O–H groups in total. The summed E-state index contributed by atoms with van der Waals surface area (Å²) in [6, 6.07) is 106. The minimum Gasteiger partial charge on any atom is -0.454 e. The van der Waals surface area contributed by atoms with Crippen molar-refractivity contribution >= 4 is 78.0 Å². The van der Waals surface area contributed by atoms with E-state index in [1.807, 2.05) is 0 Å². The van der Waals surface area contributed by atoms with Gasteiger partial charge in [0.2, 0.25) is 0 Å². The van der Waals surface area contributed by atoms with Gasteiger partial charge in [-0.25, -0.2) is 0 Å². The lowest BCUT2D eigenvalue weighted by Gasteiger charge is -2.30. The topological polar surface area (TPSA) is 32.8 Å². The highest BCUT2D eigenvalue weighted by molar-refractivity contribution is 6.13. The first-order valence-corrected chi connectivity index (χ1v) is 40.3. The van der Waals surface area contributed by atoms with Crippen LogP contribution in [0.4, 0.5) is 34.1 Å². The minimum absolute atomic E-state index is 0.0319. The maximum Gasteiger partial charge on any atom is 0.159 e. The molecule has 0 unspecified atom stereocenters. The zero-order chi connectivity index (χ0) is 77.2. The van der Waals surface area contributed by atoms with Gasteiger partial charge >= 0.3 is 0 Å². The van der Waals surface area contributed by atoms with E-state index < -0.39 is 0 Å². The van der Waals surface area contributed by atoms with E-state index in [1.54, 1.807) is 0 Å². The quantitative estimate of drug-likeness (QED) is 0.129. The maximum atomic E-state index is 7.13. The second-order valence-electron chi connectivity index (χ2n) is 37.5. The summed E-state index contributed by atoms with van der Waals surface area (Å²) in [4.78, 5) is 4.92. The van der Waals surface area contributed by atoms with E-state index in [9.17, 15) is 0 Å². The lowest BCUT2D eigenvalue weighted by atomic mass is 9.77. The zero-order valence-electron chi connectivity index (χ0n) is 67.5. The number of nitrogens with zero attached hydrogens (tertiary/aromatic N) is 2. The Balaban J connectivity index is 0.612. The zero-order valence-corrected chi connectivity index (χ0v) is 67.5. The van der Waals surface area contributed by atoms with Crippen molar-refractivity contribution in [1.29, 1.82) is 0 Å². The molecule has 4 heteroatoms. The van der Waals surface area contributed by atoms with E-state index in [1.165, 1.54) is 128 Å². The van der Waals surface area contributed by atoms with E-state index in [0.29, 0.717) is 0 Å². The molecule has 0 spiro atoms. The third-order valence-corrected chi connectivity index (χ3v) is 26.6. The predicted octanol–water partition coefficient (Wildman–Crippen LogP) is 30.1. The van der Waals surface area contributed by atoms with Gasteiger partial charge in [0.05, 0.1) is 11.4 Å². The molecule has 4 nitrogen and oxygen atoms in total.